The number of aliphatic hydroxyl groups excluding tert-OH is 1. The molecule has 3 aliphatic rings. The topological polar surface area (TPSA) is 102 Å². The van der Waals surface area contributed by atoms with Crippen molar-refractivity contribution >= 4 is 34.3 Å². The van der Waals surface area contributed by atoms with Gasteiger partial charge in [0.2, 0.25) is 5.91 Å². The van der Waals surface area contributed by atoms with Gasteiger partial charge in [-0.2, -0.15) is 0 Å². The summed E-state index contributed by atoms with van der Waals surface area (Å²) in [6.07, 6.45) is 12.0. The van der Waals surface area contributed by atoms with E-state index in [0.717, 1.165) is 29.6 Å². The predicted octanol–water partition coefficient (Wildman–Crippen LogP) is 3.72. The molecule has 5 atom stereocenters. The highest BCUT2D eigenvalue weighted by Gasteiger charge is 2.37. The highest BCUT2D eigenvalue weighted by atomic mass is 127. The van der Waals surface area contributed by atoms with E-state index in [2.05, 4.69) is 27.9 Å². The van der Waals surface area contributed by atoms with E-state index in [9.17, 15) is 14.7 Å². The smallest absolute Gasteiger partial charge is 0.220 e. The monoisotopic (exact) mass is 536 g/mol. The molecule has 7 heteroatoms. The summed E-state index contributed by atoms with van der Waals surface area (Å²) in [4.78, 5) is 24.9. The summed E-state index contributed by atoms with van der Waals surface area (Å²) in [5, 5.41) is 12.5. The summed E-state index contributed by atoms with van der Waals surface area (Å²) in [7, 11) is 0. The SMILES string of the molecule is NC(CCCCNC(=O)CCC(O)OCCI)C(=O)C1CC2CCCCCC1CC2. The molecule has 0 heterocycles. The number of amides is 1. The van der Waals surface area contributed by atoms with E-state index in [1.165, 1.54) is 44.9 Å². The van der Waals surface area contributed by atoms with Crippen molar-refractivity contribution in [3.63, 3.8) is 0 Å². The fraction of sp³-hybridized carbons (Fsp3) is 0.913. The van der Waals surface area contributed by atoms with E-state index in [1.54, 1.807) is 0 Å². The molecule has 3 saturated carbocycles. The number of hydrogen-bond donors (Lipinski definition) is 3. The Balaban J connectivity index is 1.60. The number of rotatable bonds is 13. The summed E-state index contributed by atoms with van der Waals surface area (Å²) < 4.78 is 5.96. The third kappa shape index (κ3) is 9.49. The number of ketones is 1. The molecule has 3 rings (SSSR count). The van der Waals surface area contributed by atoms with Crippen LogP contribution in [0.5, 0.6) is 0 Å². The lowest BCUT2D eigenvalue weighted by atomic mass is 9.69. The molecular weight excluding hydrogens is 495 g/mol. The van der Waals surface area contributed by atoms with Gasteiger partial charge in [0, 0.05) is 29.7 Å². The molecule has 6 nitrogen and oxygen atoms in total. The second-order valence-corrected chi connectivity index (χ2v) is 10.2. The van der Waals surface area contributed by atoms with Crippen LogP contribution in [0.3, 0.4) is 0 Å². The molecule has 4 N–H and O–H groups in total. The van der Waals surface area contributed by atoms with Crippen LogP contribution in [0.15, 0.2) is 0 Å². The van der Waals surface area contributed by atoms with Crippen molar-refractivity contribution < 1.29 is 19.4 Å². The van der Waals surface area contributed by atoms with Gasteiger partial charge in [0.25, 0.3) is 0 Å². The van der Waals surface area contributed by atoms with Crippen LogP contribution in [0.2, 0.25) is 0 Å². The van der Waals surface area contributed by atoms with Crippen molar-refractivity contribution in [2.24, 2.45) is 23.5 Å². The molecule has 0 radical (unpaired) electrons. The number of carbonyl (C=O) groups is 2. The highest BCUT2D eigenvalue weighted by Crippen LogP contribution is 2.41. The van der Waals surface area contributed by atoms with E-state index in [-0.39, 0.29) is 30.1 Å². The summed E-state index contributed by atoms with van der Waals surface area (Å²) in [5.41, 5.74) is 6.29. The molecule has 0 aliphatic heterocycles. The molecule has 174 valence electrons. The molecule has 2 bridgehead atoms. The Kier molecular flexibility index (Phi) is 12.8. The van der Waals surface area contributed by atoms with Crippen LogP contribution in [-0.4, -0.2) is 46.7 Å². The Hall–Kier alpha value is -0.250. The van der Waals surface area contributed by atoms with E-state index in [4.69, 9.17) is 10.5 Å². The second kappa shape index (κ2) is 14.7. The van der Waals surface area contributed by atoms with E-state index >= 15 is 0 Å². The fourth-order valence-electron chi connectivity index (χ4n) is 5.03. The second-order valence-electron chi connectivity index (χ2n) is 9.09. The van der Waals surface area contributed by atoms with Crippen molar-refractivity contribution in [3.05, 3.63) is 0 Å². The number of nitrogens with two attached hydrogens (primary N) is 1. The van der Waals surface area contributed by atoms with Gasteiger partial charge < -0.3 is 20.9 Å². The Morgan fingerprint density at radius 3 is 2.70 bits per heavy atom. The van der Waals surface area contributed by atoms with Gasteiger partial charge in [0.05, 0.1) is 12.6 Å². The van der Waals surface area contributed by atoms with Crippen molar-refractivity contribution in [2.45, 2.75) is 95.8 Å². The molecule has 0 aromatic heterocycles. The average molecular weight is 536 g/mol. The van der Waals surface area contributed by atoms with Crippen LogP contribution in [0, 0.1) is 17.8 Å². The number of hydrogen-bond acceptors (Lipinski definition) is 5. The number of Topliss-reactive ketones (excluding diaryl/α,β-unsaturated/α-hetero) is 1. The summed E-state index contributed by atoms with van der Waals surface area (Å²) in [5.74, 6) is 1.66. The van der Waals surface area contributed by atoms with Crippen LogP contribution in [0.1, 0.15) is 83.5 Å². The quantitative estimate of drug-likeness (QED) is 0.144. The number of halogens is 1. The van der Waals surface area contributed by atoms with Gasteiger partial charge in [-0.05, 0) is 50.4 Å². The number of aliphatic hydroxyl groups is 1. The normalized spacial score (nSPS) is 26.3. The molecule has 0 aromatic rings. The standard InChI is InChI=1S/C23H41IN2O4/c24-13-15-30-22(28)12-11-21(27)26-14-5-4-8-20(25)23(29)19-16-17-6-2-1-3-7-18(19)10-9-17/h17-20,22,28H,1-16,25H2,(H,26,27). The third-order valence-electron chi connectivity index (χ3n) is 6.79. The predicted molar refractivity (Wildman–Crippen MR) is 127 cm³/mol. The molecule has 0 aromatic carbocycles. The first-order valence-electron chi connectivity index (χ1n) is 11.9. The molecule has 3 fully saturated rings. The zero-order valence-corrected chi connectivity index (χ0v) is 20.5. The van der Waals surface area contributed by atoms with Crippen molar-refractivity contribution in [2.75, 3.05) is 17.6 Å². The van der Waals surface area contributed by atoms with Crippen molar-refractivity contribution in [1.29, 1.82) is 0 Å². The largest absolute Gasteiger partial charge is 0.368 e. The first-order chi connectivity index (χ1) is 14.5. The molecule has 5 unspecified atom stereocenters. The minimum absolute atomic E-state index is 0.0749. The summed E-state index contributed by atoms with van der Waals surface area (Å²) in [6, 6.07) is -0.363. The van der Waals surface area contributed by atoms with Gasteiger partial charge >= 0.3 is 0 Å². The minimum Gasteiger partial charge on any atom is -0.368 e. The Morgan fingerprint density at radius 2 is 1.90 bits per heavy atom. The molecule has 1 amide bonds. The molecular formula is C23H41IN2O4. The van der Waals surface area contributed by atoms with Crippen LogP contribution in [0.25, 0.3) is 0 Å². The maximum absolute atomic E-state index is 13.0. The summed E-state index contributed by atoms with van der Waals surface area (Å²) >= 11 is 2.17. The number of unbranched alkanes of at least 4 members (excludes halogenated alkanes) is 1. The van der Waals surface area contributed by atoms with Gasteiger partial charge in [0.15, 0.2) is 12.1 Å². The maximum atomic E-state index is 13.0. The lowest BCUT2D eigenvalue weighted by Gasteiger charge is -2.35. The van der Waals surface area contributed by atoms with Gasteiger partial charge in [-0.15, -0.1) is 0 Å². The Morgan fingerprint density at radius 1 is 1.10 bits per heavy atom. The van der Waals surface area contributed by atoms with Gasteiger partial charge in [-0.3, -0.25) is 9.59 Å². The van der Waals surface area contributed by atoms with Crippen LogP contribution >= 0.6 is 22.6 Å². The van der Waals surface area contributed by atoms with Crippen LogP contribution in [0.4, 0.5) is 0 Å². The van der Waals surface area contributed by atoms with Gasteiger partial charge in [-0.1, -0.05) is 54.7 Å². The van der Waals surface area contributed by atoms with E-state index < -0.39 is 6.29 Å². The van der Waals surface area contributed by atoms with Crippen LogP contribution < -0.4 is 11.1 Å². The molecule has 30 heavy (non-hydrogen) atoms. The number of fused-ring (bicyclic) bond motifs is 6. The lowest BCUT2D eigenvalue weighted by Crippen LogP contribution is -2.41. The van der Waals surface area contributed by atoms with E-state index in [0.29, 0.717) is 31.9 Å². The number of ether oxygens (including phenoxy) is 1. The first kappa shape index (κ1) is 26.0. The molecule has 3 aliphatic carbocycles. The zero-order chi connectivity index (χ0) is 21.8. The highest BCUT2D eigenvalue weighted by molar-refractivity contribution is 14.1. The zero-order valence-electron chi connectivity index (χ0n) is 18.3. The summed E-state index contributed by atoms with van der Waals surface area (Å²) in [6.45, 7) is 1.07. The Labute approximate surface area is 195 Å². The lowest BCUT2D eigenvalue weighted by molar-refractivity contribution is -0.128. The van der Waals surface area contributed by atoms with Crippen LogP contribution in [-0.2, 0) is 14.3 Å². The molecule has 0 saturated heterocycles. The van der Waals surface area contributed by atoms with Crippen molar-refractivity contribution in [1.82, 2.24) is 5.32 Å². The van der Waals surface area contributed by atoms with Crippen molar-refractivity contribution in [3.8, 4) is 0 Å². The third-order valence-corrected chi connectivity index (χ3v) is 7.23. The minimum atomic E-state index is -0.873. The first-order valence-corrected chi connectivity index (χ1v) is 13.5. The van der Waals surface area contributed by atoms with Gasteiger partial charge in [-0.25, -0.2) is 0 Å². The number of alkyl halides is 1. The Bertz CT molecular complexity index is 515. The number of carbonyl (C=O) groups excluding carboxylic acids is 2. The van der Waals surface area contributed by atoms with Gasteiger partial charge in [0.1, 0.15) is 0 Å². The van der Waals surface area contributed by atoms with E-state index in [1.807, 2.05) is 0 Å². The maximum Gasteiger partial charge on any atom is 0.220 e. The molecule has 0 spiro atoms. The fourth-order valence-corrected chi connectivity index (χ4v) is 5.29. The average Bonchev–Trinajstić information content (AvgIpc) is 2.93. The number of nitrogens with one attached hydrogen (secondary N) is 1.